The Hall–Kier alpha value is -3.40. The van der Waals surface area contributed by atoms with Crippen molar-refractivity contribution >= 4 is 27.9 Å². The zero-order chi connectivity index (χ0) is 21.1. The van der Waals surface area contributed by atoms with E-state index < -0.39 is 5.69 Å². The summed E-state index contributed by atoms with van der Waals surface area (Å²) in [6, 6.07) is 8.35. The van der Waals surface area contributed by atoms with Crippen LogP contribution in [-0.4, -0.2) is 29.0 Å². The lowest BCUT2D eigenvalue weighted by molar-refractivity contribution is 0.288. The Labute approximate surface area is 175 Å². The van der Waals surface area contributed by atoms with E-state index in [1.54, 1.807) is 24.4 Å². The predicted octanol–water partition coefficient (Wildman–Crippen LogP) is 3.04. The molecule has 0 fully saturated rings. The van der Waals surface area contributed by atoms with Crippen molar-refractivity contribution in [3.8, 4) is 35.9 Å². The number of H-pyrrole nitrogens is 1. The number of aromatic amines is 1. The summed E-state index contributed by atoms with van der Waals surface area (Å²) in [5.41, 5.74) is 0.323. The molecule has 0 saturated heterocycles. The fourth-order valence-electron chi connectivity index (χ4n) is 2.00. The Kier molecular flexibility index (Phi) is 8.64. The largest absolute Gasteiger partial charge is 0.482 e. The van der Waals surface area contributed by atoms with Crippen LogP contribution < -0.4 is 19.9 Å². The van der Waals surface area contributed by atoms with E-state index in [-0.39, 0.29) is 35.4 Å². The molecule has 0 aliphatic heterocycles. The van der Waals surface area contributed by atoms with Crippen LogP contribution in [0.15, 0.2) is 46.0 Å². The maximum Gasteiger partial charge on any atom is 0.351 e. The van der Waals surface area contributed by atoms with Gasteiger partial charge in [-0.15, -0.1) is 6.42 Å². The third kappa shape index (κ3) is 6.92. The highest BCUT2D eigenvalue weighted by Crippen LogP contribution is 2.22. The number of terminal acetylenes is 1. The van der Waals surface area contributed by atoms with Gasteiger partial charge in [0.1, 0.15) is 18.4 Å². The minimum atomic E-state index is -0.596. The average Bonchev–Trinajstić information content (AvgIpc) is 2.74. The van der Waals surface area contributed by atoms with E-state index in [2.05, 4.69) is 20.9 Å². The molecule has 1 N–H and O–H groups in total. The zero-order valence-electron chi connectivity index (χ0n) is 15.2. The molecule has 1 heterocycles. The number of nitriles is 1. The monoisotopic (exact) mass is 430 g/mol. The topological polar surface area (TPSA) is 110 Å². The molecule has 0 unspecified atom stereocenters. The van der Waals surface area contributed by atoms with Gasteiger partial charge in [0.15, 0.2) is 11.6 Å². The van der Waals surface area contributed by atoms with Gasteiger partial charge in [-0.3, -0.25) is 9.98 Å². The van der Waals surface area contributed by atoms with E-state index in [9.17, 15) is 10.1 Å². The second kappa shape index (κ2) is 11.4. The minimum absolute atomic E-state index is 0.0762. The van der Waals surface area contributed by atoms with Gasteiger partial charge in [0.2, 0.25) is 5.88 Å². The molecule has 0 atom stereocenters. The highest BCUT2D eigenvalue weighted by atomic mass is 35.7. The van der Waals surface area contributed by atoms with Gasteiger partial charge in [0.05, 0.1) is 24.9 Å². The number of nitrogens with zero attached hydrogens (tertiary/aromatic N) is 3. The molecule has 0 radical (unpaired) electrons. The van der Waals surface area contributed by atoms with Crippen molar-refractivity contribution < 1.29 is 14.2 Å². The quantitative estimate of drug-likeness (QED) is 0.370. The number of rotatable bonds is 9. The maximum absolute atomic E-state index is 11.4. The lowest BCUT2D eigenvalue weighted by Crippen LogP contribution is -2.12. The number of methoxy groups -OCH3 is 1. The molecule has 0 saturated carbocycles. The van der Waals surface area contributed by atoms with Crippen molar-refractivity contribution in [2.75, 3.05) is 12.9 Å². The number of hydrogen-bond acceptors (Lipinski definition) is 8. The average molecular weight is 431 g/mol. The number of halogens is 1. The Morgan fingerprint density at radius 3 is 3.00 bits per heavy atom. The smallest absolute Gasteiger partial charge is 0.351 e. The van der Waals surface area contributed by atoms with Gasteiger partial charge in [0.25, 0.3) is 0 Å². The Balaban J connectivity index is 2.12. The summed E-state index contributed by atoms with van der Waals surface area (Å²) in [4.78, 5) is 21.5. The number of allylic oxidation sites excluding steroid dienone is 1. The normalized spacial score (nSPS) is 11.0. The number of aliphatic imine (C=N–C) groups is 1. The van der Waals surface area contributed by atoms with Crippen LogP contribution in [0, 0.1) is 23.7 Å². The van der Waals surface area contributed by atoms with Crippen LogP contribution in [0.1, 0.15) is 11.1 Å². The number of hydrogen-bond donors (Lipinski definition) is 1. The van der Waals surface area contributed by atoms with E-state index in [1.807, 2.05) is 6.07 Å². The van der Waals surface area contributed by atoms with Crippen molar-refractivity contribution in [1.29, 1.82) is 5.26 Å². The van der Waals surface area contributed by atoms with Crippen LogP contribution in [0.4, 0.5) is 0 Å². The molecule has 0 spiro atoms. The van der Waals surface area contributed by atoms with Gasteiger partial charge < -0.3 is 14.2 Å². The second-order valence-corrected chi connectivity index (χ2v) is 6.38. The third-order valence-corrected chi connectivity index (χ3v) is 3.92. The first-order chi connectivity index (χ1) is 14.1. The highest BCUT2D eigenvalue weighted by Gasteiger charge is 2.09. The fourth-order valence-corrected chi connectivity index (χ4v) is 2.31. The van der Waals surface area contributed by atoms with Gasteiger partial charge in [-0.25, -0.2) is 4.79 Å². The summed E-state index contributed by atoms with van der Waals surface area (Å²) in [7, 11) is 7.99. The Morgan fingerprint density at radius 2 is 2.31 bits per heavy atom. The minimum Gasteiger partial charge on any atom is -0.482 e. The Morgan fingerprint density at radius 1 is 1.48 bits per heavy atom. The van der Waals surface area contributed by atoms with Crippen molar-refractivity contribution in [2.24, 2.45) is 4.99 Å². The molecule has 148 valence electrons. The second-order valence-electron chi connectivity index (χ2n) is 5.17. The summed E-state index contributed by atoms with van der Waals surface area (Å²) in [6.07, 6.45) is 8.34. The zero-order valence-corrected chi connectivity index (χ0v) is 16.8. The van der Waals surface area contributed by atoms with E-state index in [0.717, 1.165) is 11.0 Å². The molecule has 0 bridgehead atoms. The van der Waals surface area contributed by atoms with Crippen LogP contribution in [-0.2, 0) is 6.61 Å². The van der Waals surface area contributed by atoms with Crippen molar-refractivity contribution in [3.63, 3.8) is 0 Å². The molecular formula is C19H15ClN4O4S. The first kappa shape index (κ1) is 21.9. The van der Waals surface area contributed by atoms with Crippen LogP contribution in [0.5, 0.6) is 17.5 Å². The summed E-state index contributed by atoms with van der Waals surface area (Å²) in [5, 5.41) is 9.40. The van der Waals surface area contributed by atoms with Gasteiger partial charge in [-0.2, -0.15) is 10.2 Å². The lowest BCUT2D eigenvalue weighted by atomic mass is 10.1. The predicted molar refractivity (Wildman–Crippen MR) is 111 cm³/mol. The summed E-state index contributed by atoms with van der Waals surface area (Å²) < 4.78 is 16.0. The molecule has 10 heteroatoms. The molecule has 2 rings (SSSR count). The molecule has 2 aromatic rings. The molecular weight excluding hydrogens is 416 g/mol. The first-order valence-electron chi connectivity index (χ1n) is 8.00. The fraction of sp³-hybridized carbons (Fsp3) is 0.158. The SMILES string of the molecule is C#C/C(=C\N=C/CSCl)Oc1ccc(COc2cc(OC)[nH]c(=O)n2)cc1C#N. The van der Waals surface area contributed by atoms with Crippen LogP contribution >= 0.6 is 21.7 Å². The van der Waals surface area contributed by atoms with E-state index in [1.165, 1.54) is 19.4 Å². The van der Waals surface area contributed by atoms with Gasteiger partial charge in [0, 0.05) is 12.0 Å². The van der Waals surface area contributed by atoms with Gasteiger partial charge >= 0.3 is 5.69 Å². The van der Waals surface area contributed by atoms with Crippen molar-refractivity contribution in [1.82, 2.24) is 9.97 Å². The first-order valence-corrected chi connectivity index (χ1v) is 9.81. The number of benzene rings is 1. The van der Waals surface area contributed by atoms with E-state index >= 15 is 0 Å². The summed E-state index contributed by atoms with van der Waals surface area (Å²) in [6.45, 7) is 0.0762. The van der Waals surface area contributed by atoms with Gasteiger partial charge in [-0.1, -0.05) is 17.0 Å². The lowest BCUT2D eigenvalue weighted by Gasteiger charge is -2.09. The van der Waals surface area contributed by atoms with Crippen LogP contribution in [0.3, 0.4) is 0 Å². The van der Waals surface area contributed by atoms with Crippen molar-refractivity contribution in [2.45, 2.75) is 6.61 Å². The molecule has 29 heavy (non-hydrogen) atoms. The summed E-state index contributed by atoms with van der Waals surface area (Å²) in [5.74, 6) is 3.60. The summed E-state index contributed by atoms with van der Waals surface area (Å²) >= 11 is 0. The van der Waals surface area contributed by atoms with Crippen LogP contribution in [0.25, 0.3) is 0 Å². The van der Waals surface area contributed by atoms with Gasteiger partial charge in [-0.05, 0) is 34.3 Å². The van der Waals surface area contributed by atoms with E-state index in [4.69, 9.17) is 31.3 Å². The molecule has 1 aromatic heterocycles. The third-order valence-electron chi connectivity index (χ3n) is 3.26. The number of nitrogens with one attached hydrogen (secondary N) is 1. The molecule has 0 amide bonds. The van der Waals surface area contributed by atoms with Crippen LogP contribution in [0.2, 0.25) is 0 Å². The molecule has 0 aliphatic carbocycles. The Bertz CT molecular complexity index is 1050. The molecule has 1 aromatic carbocycles. The highest BCUT2D eigenvalue weighted by molar-refractivity contribution is 8.21. The number of aromatic nitrogens is 2. The molecule has 8 nitrogen and oxygen atoms in total. The van der Waals surface area contributed by atoms with E-state index in [0.29, 0.717) is 11.3 Å². The number of ether oxygens (including phenoxy) is 3. The maximum atomic E-state index is 11.4. The molecule has 0 aliphatic rings. The standard InChI is InChI=1S/C19H15ClN4O4S/c1-3-15(11-22-6-7-29-20)28-16-5-4-13(8-14(16)10-21)12-27-18-9-17(26-2)23-19(25)24-18/h1,4-6,8-9,11H,7,12H2,2H3,(H,23,24,25)/b15-11+,22-6-. The van der Waals surface area contributed by atoms with Crippen molar-refractivity contribution in [3.05, 3.63) is 57.8 Å².